The number of nitro benzene ring substituents is 1. The maximum atomic E-state index is 13.8. The van der Waals surface area contributed by atoms with Crippen LogP contribution in [0.3, 0.4) is 0 Å². The minimum atomic E-state index is -2.07. The summed E-state index contributed by atoms with van der Waals surface area (Å²) >= 11 is 0.831. The molecule has 4 atom stereocenters. The first-order chi connectivity index (χ1) is 25.1. The monoisotopic (exact) mass is 725 g/mol. The minimum absolute atomic E-state index is 0.0166. The molecule has 15 heteroatoms. The molecule has 0 saturated carbocycles. The lowest BCUT2D eigenvalue weighted by Crippen LogP contribution is -2.71. The van der Waals surface area contributed by atoms with Gasteiger partial charge >= 0.3 is 18.1 Å². The van der Waals surface area contributed by atoms with Crippen LogP contribution in [0.5, 0.6) is 0 Å². The molecule has 2 aliphatic heterocycles. The molecule has 14 nitrogen and oxygen atoms in total. The lowest BCUT2D eigenvalue weighted by molar-refractivity contribution is -0.384. The number of non-ortho nitro benzene ring substituents is 1. The highest BCUT2D eigenvalue weighted by Gasteiger charge is 2.71. The lowest BCUT2D eigenvalue weighted by Gasteiger charge is -2.43. The molecular formula is C37H31N3O11S. The van der Waals surface area contributed by atoms with Crippen molar-refractivity contribution in [2.75, 3.05) is 0 Å². The number of fused-ring (bicyclic) bond motifs is 1. The second-order valence-electron chi connectivity index (χ2n) is 11.9. The summed E-state index contributed by atoms with van der Waals surface area (Å²) in [6, 6.07) is 26.4. The fraction of sp³-hybridized carbons (Fsp3) is 0.216. The van der Waals surface area contributed by atoms with Crippen LogP contribution in [0.1, 0.15) is 27.8 Å². The van der Waals surface area contributed by atoms with E-state index in [9.17, 15) is 39.2 Å². The molecule has 266 valence electrons. The van der Waals surface area contributed by atoms with Gasteiger partial charge in [-0.15, -0.1) is 11.8 Å². The largest absolute Gasteiger partial charge is 0.508 e. The van der Waals surface area contributed by atoms with E-state index in [0.717, 1.165) is 22.2 Å². The summed E-state index contributed by atoms with van der Waals surface area (Å²) in [5.74, 6) is -3.56. The highest BCUT2D eigenvalue weighted by molar-refractivity contribution is 8.02. The third-order valence-electron chi connectivity index (χ3n) is 8.58. The van der Waals surface area contributed by atoms with Crippen LogP contribution in [0.2, 0.25) is 0 Å². The van der Waals surface area contributed by atoms with E-state index in [0.29, 0.717) is 16.7 Å². The van der Waals surface area contributed by atoms with Crippen molar-refractivity contribution < 1.29 is 48.2 Å². The molecule has 2 aliphatic rings. The molecule has 6 rings (SSSR count). The average molecular weight is 726 g/mol. The number of nitrogens with zero attached hydrogens (tertiary/aromatic N) is 2. The number of amides is 2. The van der Waals surface area contributed by atoms with E-state index in [1.807, 2.05) is 18.2 Å². The SMILES string of the molecule is O=C(Cc1ccccc1)N[C@@H]1C(=O)N2[C@@H]1SC(C(=O)O)(c1ccc(COC(=O)OCc3ccccc3)cc1)[C@@H]2C(=O)OCc1ccc([N+](=O)[O-])cc1. The number of nitro groups is 1. The van der Waals surface area contributed by atoms with Gasteiger partial charge in [-0.3, -0.25) is 24.5 Å². The van der Waals surface area contributed by atoms with Gasteiger partial charge in [-0.2, -0.15) is 0 Å². The van der Waals surface area contributed by atoms with Crippen molar-refractivity contribution in [1.29, 1.82) is 0 Å². The highest BCUT2D eigenvalue weighted by atomic mass is 32.2. The molecule has 4 aromatic carbocycles. The number of carboxylic acids is 1. The Hall–Kier alpha value is -6.22. The molecule has 0 bridgehead atoms. The van der Waals surface area contributed by atoms with Gasteiger partial charge in [-0.1, -0.05) is 84.9 Å². The summed E-state index contributed by atoms with van der Waals surface area (Å²) in [6.07, 6.45) is -0.920. The Morgan fingerprint density at radius 1 is 0.769 bits per heavy atom. The fourth-order valence-corrected chi connectivity index (χ4v) is 7.72. The van der Waals surface area contributed by atoms with Gasteiger partial charge in [0.1, 0.15) is 31.2 Å². The number of benzene rings is 4. The fourth-order valence-electron chi connectivity index (χ4n) is 5.97. The van der Waals surface area contributed by atoms with Crippen LogP contribution in [0, 0.1) is 10.1 Å². The standard InChI is InChI=1S/C37H31N3O11S/c41-29(19-23-7-3-1-4-8-23)38-30-32(42)39-31(34(43)49-20-26-13-17-28(18-14-26)40(47)48)37(35(44)45,52-33(30)39)27-15-11-25(12-16-27)22-51-36(46)50-21-24-9-5-2-6-10-24/h1-18,30-31,33H,19-22H2,(H,38,41)(H,44,45)/t30-,31+,33-,37?/m1/s1. The maximum Gasteiger partial charge on any atom is 0.508 e. The summed E-state index contributed by atoms with van der Waals surface area (Å²) in [5, 5.41) is 23.6. The Labute approximate surface area is 300 Å². The Kier molecular flexibility index (Phi) is 10.5. The van der Waals surface area contributed by atoms with E-state index in [1.165, 1.54) is 48.5 Å². The molecule has 0 radical (unpaired) electrons. The second kappa shape index (κ2) is 15.3. The van der Waals surface area contributed by atoms with Crippen molar-refractivity contribution in [1.82, 2.24) is 10.2 Å². The molecular weight excluding hydrogens is 694 g/mol. The third kappa shape index (κ3) is 7.44. The Balaban J connectivity index is 1.21. The summed E-state index contributed by atoms with van der Waals surface area (Å²) in [4.78, 5) is 77.4. The normalized spacial score (nSPS) is 20.2. The van der Waals surface area contributed by atoms with Crippen LogP contribution < -0.4 is 5.32 Å². The molecule has 2 N–H and O–H groups in total. The van der Waals surface area contributed by atoms with Gasteiger partial charge in [0.05, 0.1) is 11.3 Å². The van der Waals surface area contributed by atoms with Crippen LogP contribution in [0.15, 0.2) is 109 Å². The molecule has 2 fully saturated rings. The number of ether oxygens (including phenoxy) is 3. The number of nitrogens with one attached hydrogen (secondary N) is 1. The van der Waals surface area contributed by atoms with Crippen LogP contribution in [0.4, 0.5) is 10.5 Å². The summed E-state index contributed by atoms with van der Waals surface area (Å²) in [5.41, 5.74) is 2.36. The first-order valence-corrected chi connectivity index (χ1v) is 16.8. The van der Waals surface area contributed by atoms with Crippen molar-refractivity contribution in [2.45, 2.75) is 48.4 Å². The molecule has 52 heavy (non-hydrogen) atoms. The number of carbonyl (C=O) groups is 5. The Morgan fingerprint density at radius 2 is 1.29 bits per heavy atom. The molecule has 0 aliphatic carbocycles. The smallest absolute Gasteiger partial charge is 0.480 e. The van der Waals surface area contributed by atoms with E-state index in [2.05, 4.69) is 5.32 Å². The molecule has 4 aromatic rings. The predicted molar refractivity (Wildman–Crippen MR) is 184 cm³/mol. The topological polar surface area (TPSA) is 192 Å². The molecule has 0 spiro atoms. The van der Waals surface area contributed by atoms with Crippen LogP contribution >= 0.6 is 11.8 Å². The zero-order valence-electron chi connectivity index (χ0n) is 27.3. The molecule has 2 saturated heterocycles. The van der Waals surface area contributed by atoms with Crippen molar-refractivity contribution in [3.63, 3.8) is 0 Å². The Morgan fingerprint density at radius 3 is 1.85 bits per heavy atom. The van der Waals surface area contributed by atoms with Crippen molar-refractivity contribution in [2.24, 2.45) is 0 Å². The zero-order chi connectivity index (χ0) is 36.8. The first-order valence-electron chi connectivity index (χ1n) is 16.0. The molecule has 2 amide bonds. The number of hydrogen-bond acceptors (Lipinski definition) is 11. The van der Waals surface area contributed by atoms with E-state index in [-0.39, 0.29) is 37.5 Å². The highest BCUT2D eigenvalue weighted by Crippen LogP contribution is 2.57. The van der Waals surface area contributed by atoms with E-state index in [4.69, 9.17) is 14.2 Å². The molecule has 2 heterocycles. The van der Waals surface area contributed by atoms with E-state index < -0.39 is 57.0 Å². The minimum Gasteiger partial charge on any atom is -0.480 e. The third-order valence-corrected chi connectivity index (χ3v) is 10.3. The van der Waals surface area contributed by atoms with Crippen molar-refractivity contribution >= 4 is 47.4 Å². The molecule has 1 unspecified atom stereocenters. The number of aliphatic carboxylic acids is 1. The van der Waals surface area contributed by atoms with E-state index >= 15 is 0 Å². The first kappa shape index (κ1) is 35.6. The molecule has 0 aromatic heterocycles. The number of rotatable bonds is 13. The summed E-state index contributed by atoms with van der Waals surface area (Å²) in [7, 11) is 0. The lowest BCUT2D eigenvalue weighted by atomic mass is 9.86. The predicted octanol–water partition coefficient (Wildman–Crippen LogP) is 4.48. The second-order valence-corrected chi connectivity index (χ2v) is 13.3. The van der Waals surface area contributed by atoms with Gasteiger partial charge in [0.15, 0.2) is 10.8 Å². The quantitative estimate of drug-likeness (QED) is 0.0852. The van der Waals surface area contributed by atoms with Crippen LogP contribution in [0.25, 0.3) is 0 Å². The number of carbonyl (C=O) groups excluding carboxylic acids is 4. The number of β-lactam (4-membered cyclic amide) rings is 1. The van der Waals surface area contributed by atoms with Gasteiger partial charge in [-0.25, -0.2) is 9.59 Å². The van der Waals surface area contributed by atoms with Gasteiger partial charge < -0.3 is 29.5 Å². The number of hydrogen-bond donors (Lipinski definition) is 2. The van der Waals surface area contributed by atoms with Crippen LogP contribution in [-0.4, -0.2) is 62.3 Å². The van der Waals surface area contributed by atoms with Crippen molar-refractivity contribution in [3.05, 3.63) is 147 Å². The van der Waals surface area contributed by atoms with Crippen LogP contribution in [-0.2, 0) is 64.4 Å². The average Bonchev–Trinajstić information content (AvgIpc) is 3.49. The summed E-state index contributed by atoms with van der Waals surface area (Å²) in [6.45, 7) is -0.526. The maximum absolute atomic E-state index is 13.8. The van der Waals surface area contributed by atoms with E-state index in [1.54, 1.807) is 42.5 Å². The van der Waals surface area contributed by atoms with Gasteiger partial charge in [0.25, 0.3) is 5.69 Å². The zero-order valence-corrected chi connectivity index (χ0v) is 28.1. The Bertz CT molecular complexity index is 1980. The van der Waals surface area contributed by atoms with Gasteiger partial charge in [-0.05, 0) is 39.9 Å². The number of esters is 1. The van der Waals surface area contributed by atoms with Crippen molar-refractivity contribution in [3.8, 4) is 0 Å². The van der Waals surface area contributed by atoms with Gasteiger partial charge in [0, 0.05) is 12.1 Å². The number of thioether (sulfide) groups is 1. The number of carboxylic acid groups (broad SMARTS) is 1. The van der Waals surface area contributed by atoms with Gasteiger partial charge in [0.2, 0.25) is 11.8 Å². The summed E-state index contributed by atoms with van der Waals surface area (Å²) < 4.78 is 13.8.